The van der Waals surface area contributed by atoms with Gasteiger partial charge in [-0.15, -0.1) is 0 Å². The average Bonchev–Trinajstić information content (AvgIpc) is 3.09. The highest BCUT2D eigenvalue weighted by molar-refractivity contribution is 5.88. The number of anilines is 2. The van der Waals surface area contributed by atoms with E-state index in [9.17, 15) is 4.79 Å². The normalized spacial score (nSPS) is 16.4. The molecule has 2 aromatic rings. The van der Waals surface area contributed by atoms with Crippen molar-refractivity contribution in [1.29, 1.82) is 0 Å². The minimum Gasteiger partial charge on any atom is -0.495 e. The van der Waals surface area contributed by atoms with Crippen LogP contribution in [-0.2, 0) is 0 Å². The van der Waals surface area contributed by atoms with Crippen LogP contribution in [0.4, 0.5) is 16.3 Å². The summed E-state index contributed by atoms with van der Waals surface area (Å²) in [4.78, 5) is 22.3. The number of hydrogen-bond donors (Lipinski definition) is 2. The topological polar surface area (TPSA) is 88.6 Å². The smallest absolute Gasteiger partial charge is 0.320 e. The average molecular weight is 343 g/mol. The molecule has 1 unspecified atom stereocenters. The fourth-order valence-electron chi connectivity index (χ4n) is 2.85. The van der Waals surface area contributed by atoms with E-state index in [-0.39, 0.29) is 12.1 Å². The number of aromatic nitrogens is 2. The molecule has 1 atom stereocenters. The molecule has 1 aromatic carbocycles. The minimum atomic E-state index is -0.298. The Hall–Kier alpha value is -3.03. The number of methoxy groups -OCH3 is 2. The molecule has 0 bridgehead atoms. The van der Waals surface area contributed by atoms with Crippen LogP contribution in [0.25, 0.3) is 0 Å². The molecule has 2 amide bonds. The van der Waals surface area contributed by atoms with Gasteiger partial charge >= 0.3 is 6.03 Å². The molecule has 1 aliphatic rings. The summed E-state index contributed by atoms with van der Waals surface area (Å²) in [6.45, 7) is 1.58. The lowest BCUT2D eigenvalue weighted by molar-refractivity contribution is 0.249. The summed E-state index contributed by atoms with van der Waals surface area (Å²) in [5.74, 6) is 1.62. The van der Waals surface area contributed by atoms with E-state index in [1.54, 1.807) is 13.2 Å². The molecular formula is C17H21N5O3. The van der Waals surface area contributed by atoms with Crippen LogP contribution in [0.3, 0.4) is 0 Å². The molecule has 1 saturated heterocycles. The van der Waals surface area contributed by atoms with Crippen molar-refractivity contribution in [1.82, 2.24) is 15.3 Å². The van der Waals surface area contributed by atoms with E-state index in [2.05, 4.69) is 25.5 Å². The maximum absolute atomic E-state index is 12.2. The summed E-state index contributed by atoms with van der Waals surface area (Å²) in [7, 11) is 3.17. The maximum atomic E-state index is 12.2. The van der Waals surface area contributed by atoms with Gasteiger partial charge in [-0.3, -0.25) is 5.32 Å². The van der Waals surface area contributed by atoms with Gasteiger partial charge in [-0.25, -0.2) is 14.8 Å². The summed E-state index contributed by atoms with van der Waals surface area (Å²) in [5, 5.41) is 5.66. The first kappa shape index (κ1) is 16.8. The Morgan fingerprint density at radius 3 is 2.88 bits per heavy atom. The number of carbonyl (C=O) groups is 1. The van der Waals surface area contributed by atoms with Crippen LogP contribution < -0.4 is 25.0 Å². The van der Waals surface area contributed by atoms with Gasteiger partial charge in [0.15, 0.2) is 0 Å². The van der Waals surface area contributed by atoms with Crippen molar-refractivity contribution >= 4 is 17.5 Å². The Balaban J connectivity index is 1.56. The molecule has 0 saturated carbocycles. The Labute approximate surface area is 146 Å². The summed E-state index contributed by atoms with van der Waals surface area (Å²) in [5.41, 5.74) is 1.04. The van der Waals surface area contributed by atoms with E-state index in [1.165, 1.54) is 13.4 Å². The predicted octanol–water partition coefficient (Wildman–Crippen LogP) is 1.89. The second-order valence-electron chi connectivity index (χ2n) is 5.65. The Morgan fingerprint density at radius 2 is 2.08 bits per heavy atom. The van der Waals surface area contributed by atoms with Gasteiger partial charge in [0, 0.05) is 25.2 Å². The first-order valence-electron chi connectivity index (χ1n) is 8.01. The molecule has 0 spiro atoms. The highest BCUT2D eigenvalue weighted by Gasteiger charge is 2.25. The predicted molar refractivity (Wildman–Crippen MR) is 94.4 cm³/mol. The summed E-state index contributed by atoms with van der Waals surface area (Å²) in [6.07, 6.45) is 2.20. The molecule has 0 radical (unpaired) electrons. The molecule has 0 aliphatic carbocycles. The fourth-order valence-corrected chi connectivity index (χ4v) is 2.85. The van der Waals surface area contributed by atoms with E-state index in [1.807, 2.05) is 24.3 Å². The molecular weight excluding hydrogens is 322 g/mol. The zero-order valence-corrected chi connectivity index (χ0v) is 14.2. The lowest BCUT2D eigenvalue weighted by atomic mass is 10.2. The number of carbonyl (C=O) groups excluding carboxylic acids is 1. The van der Waals surface area contributed by atoms with E-state index in [0.29, 0.717) is 11.7 Å². The minimum absolute atomic E-state index is 0.0497. The number of amides is 2. The maximum Gasteiger partial charge on any atom is 0.320 e. The molecule has 2 heterocycles. The zero-order valence-electron chi connectivity index (χ0n) is 14.2. The van der Waals surface area contributed by atoms with Crippen molar-refractivity contribution in [3.63, 3.8) is 0 Å². The van der Waals surface area contributed by atoms with Crippen molar-refractivity contribution < 1.29 is 14.3 Å². The van der Waals surface area contributed by atoms with Crippen molar-refractivity contribution in [2.45, 2.75) is 12.5 Å². The van der Waals surface area contributed by atoms with Crippen LogP contribution in [0.5, 0.6) is 11.6 Å². The van der Waals surface area contributed by atoms with E-state index >= 15 is 0 Å². The number of benzene rings is 1. The van der Waals surface area contributed by atoms with Crippen LogP contribution in [0.2, 0.25) is 0 Å². The summed E-state index contributed by atoms with van der Waals surface area (Å²) >= 11 is 0. The van der Waals surface area contributed by atoms with Crippen LogP contribution in [0.15, 0.2) is 36.7 Å². The highest BCUT2D eigenvalue weighted by Crippen LogP contribution is 2.30. The standard InChI is InChI=1S/C17H21N5O3/c1-24-14-6-4-3-5-13(14)22-8-7-12(10-22)20-17(23)21-15-9-16(25-2)19-11-18-15/h3-6,9,11-12H,7-8,10H2,1-2H3,(H2,18,19,20,21,23). The van der Waals surface area contributed by atoms with E-state index < -0.39 is 0 Å². The van der Waals surface area contributed by atoms with Gasteiger partial charge in [-0.2, -0.15) is 0 Å². The lowest BCUT2D eigenvalue weighted by Crippen LogP contribution is -2.39. The summed E-state index contributed by atoms with van der Waals surface area (Å²) < 4.78 is 10.4. The first-order valence-corrected chi connectivity index (χ1v) is 8.01. The van der Waals surface area contributed by atoms with Gasteiger partial charge in [-0.1, -0.05) is 12.1 Å². The first-order chi connectivity index (χ1) is 12.2. The Morgan fingerprint density at radius 1 is 1.24 bits per heavy atom. The van der Waals surface area contributed by atoms with Gasteiger partial charge in [-0.05, 0) is 18.6 Å². The van der Waals surface area contributed by atoms with Crippen molar-refractivity contribution in [3.05, 3.63) is 36.7 Å². The molecule has 1 aromatic heterocycles. The molecule has 3 rings (SSSR count). The quantitative estimate of drug-likeness (QED) is 0.862. The third-order valence-corrected chi connectivity index (χ3v) is 4.04. The molecule has 25 heavy (non-hydrogen) atoms. The summed E-state index contributed by atoms with van der Waals surface area (Å²) in [6, 6.07) is 9.20. The van der Waals surface area contributed by atoms with Gasteiger partial charge in [0.25, 0.3) is 0 Å². The monoisotopic (exact) mass is 343 g/mol. The number of nitrogens with one attached hydrogen (secondary N) is 2. The number of para-hydroxylation sites is 2. The van der Waals surface area contributed by atoms with Crippen LogP contribution in [0, 0.1) is 0 Å². The number of urea groups is 1. The van der Waals surface area contributed by atoms with Crippen LogP contribution in [0.1, 0.15) is 6.42 Å². The zero-order chi connectivity index (χ0) is 17.6. The number of ether oxygens (including phenoxy) is 2. The lowest BCUT2D eigenvalue weighted by Gasteiger charge is -2.21. The molecule has 8 heteroatoms. The molecule has 132 valence electrons. The van der Waals surface area contributed by atoms with Gasteiger partial charge < -0.3 is 19.7 Å². The Bertz CT molecular complexity index is 740. The van der Waals surface area contributed by atoms with Crippen molar-refractivity contribution in [3.8, 4) is 11.6 Å². The second-order valence-corrected chi connectivity index (χ2v) is 5.65. The van der Waals surface area contributed by atoms with Crippen LogP contribution in [-0.4, -0.2) is 49.4 Å². The molecule has 1 aliphatic heterocycles. The third kappa shape index (κ3) is 4.09. The van der Waals surface area contributed by atoms with Crippen LogP contribution >= 0.6 is 0 Å². The van der Waals surface area contributed by atoms with Crippen molar-refractivity contribution in [2.24, 2.45) is 0 Å². The van der Waals surface area contributed by atoms with E-state index in [4.69, 9.17) is 9.47 Å². The second kappa shape index (κ2) is 7.69. The van der Waals surface area contributed by atoms with Gasteiger partial charge in [0.05, 0.1) is 19.9 Å². The van der Waals surface area contributed by atoms with E-state index in [0.717, 1.165) is 30.9 Å². The van der Waals surface area contributed by atoms with Gasteiger partial charge in [0.1, 0.15) is 17.9 Å². The molecule has 1 fully saturated rings. The number of hydrogen-bond acceptors (Lipinski definition) is 6. The Kier molecular flexibility index (Phi) is 5.17. The van der Waals surface area contributed by atoms with Crippen molar-refractivity contribution in [2.75, 3.05) is 37.5 Å². The SMILES string of the molecule is COc1cc(NC(=O)NC2CCN(c3ccccc3OC)C2)ncn1. The highest BCUT2D eigenvalue weighted by atomic mass is 16.5. The number of rotatable bonds is 5. The third-order valence-electron chi connectivity index (χ3n) is 4.04. The largest absolute Gasteiger partial charge is 0.495 e. The van der Waals surface area contributed by atoms with Gasteiger partial charge in [0.2, 0.25) is 5.88 Å². The number of nitrogens with zero attached hydrogens (tertiary/aromatic N) is 3. The molecule has 8 nitrogen and oxygen atoms in total. The fraction of sp³-hybridized carbons (Fsp3) is 0.353. The molecule has 2 N–H and O–H groups in total.